The zero-order chi connectivity index (χ0) is 14.2. The Labute approximate surface area is 112 Å². The molecule has 5 heteroatoms. The predicted molar refractivity (Wildman–Crippen MR) is 75.4 cm³/mol. The summed E-state index contributed by atoms with van der Waals surface area (Å²) < 4.78 is 5.41. The summed E-state index contributed by atoms with van der Waals surface area (Å²) >= 11 is 0. The third-order valence-corrected chi connectivity index (χ3v) is 3.08. The van der Waals surface area contributed by atoms with Crippen molar-refractivity contribution in [1.29, 1.82) is 0 Å². The van der Waals surface area contributed by atoms with Gasteiger partial charge in [0.15, 0.2) is 0 Å². The van der Waals surface area contributed by atoms with Crippen LogP contribution in [0.4, 0.5) is 5.82 Å². The average Bonchev–Trinajstić information content (AvgIpc) is 2.73. The summed E-state index contributed by atoms with van der Waals surface area (Å²) in [5.41, 5.74) is 7.91. The van der Waals surface area contributed by atoms with Crippen LogP contribution in [-0.2, 0) is 5.41 Å². The number of phenols is 1. The minimum absolute atomic E-state index is 0.169. The van der Waals surface area contributed by atoms with Crippen molar-refractivity contribution in [3.8, 4) is 22.6 Å². The molecule has 0 amide bonds. The number of nitrogens with one attached hydrogen (secondary N) is 1. The molecule has 5 nitrogen and oxygen atoms in total. The van der Waals surface area contributed by atoms with Crippen LogP contribution in [-0.4, -0.2) is 22.4 Å². The summed E-state index contributed by atoms with van der Waals surface area (Å²) in [6, 6.07) is 3.51. The fourth-order valence-electron chi connectivity index (χ4n) is 2.06. The van der Waals surface area contributed by atoms with E-state index >= 15 is 0 Å². The molecule has 2 aromatic rings. The largest absolute Gasteiger partial charge is 0.508 e. The van der Waals surface area contributed by atoms with Gasteiger partial charge in [-0.1, -0.05) is 20.8 Å². The van der Waals surface area contributed by atoms with Crippen molar-refractivity contribution in [3.05, 3.63) is 23.9 Å². The van der Waals surface area contributed by atoms with E-state index in [1.54, 1.807) is 19.4 Å². The third kappa shape index (κ3) is 2.36. The molecule has 0 spiro atoms. The molecule has 0 aliphatic heterocycles. The topological polar surface area (TPSA) is 84.2 Å². The number of nitrogens with two attached hydrogens (primary N) is 1. The van der Waals surface area contributed by atoms with Crippen LogP contribution >= 0.6 is 0 Å². The van der Waals surface area contributed by atoms with Crippen LogP contribution in [0.5, 0.6) is 11.5 Å². The number of nitrogens with zero attached hydrogens (tertiary/aromatic N) is 1. The lowest BCUT2D eigenvalue weighted by Gasteiger charge is -2.22. The Morgan fingerprint density at radius 2 is 1.95 bits per heavy atom. The second-order valence-electron chi connectivity index (χ2n) is 5.52. The van der Waals surface area contributed by atoms with E-state index in [4.69, 9.17) is 10.5 Å². The molecule has 1 heterocycles. The minimum Gasteiger partial charge on any atom is -0.508 e. The maximum absolute atomic E-state index is 10.2. The van der Waals surface area contributed by atoms with Gasteiger partial charge in [-0.2, -0.15) is 5.10 Å². The SMILES string of the molecule is COc1cc(C(C)(C)C)c(O)cc1-c1cn[nH]c1N. The number of hydrogen-bond acceptors (Lipinski definition) is 4. The van der Waals surface area contributed by atoms with Crippen LogP contribution in [0.3, 0.4) is 0 Å². The van der Waals surface area contributed by atoms with Gasteiger partial charge in [0.1, 0.15) is 17.3 Å². The molecule has 0 fully saturated rings. The van der Waals surface area contributed by atoms with Gasteiger partial charge in [-0.05, 0) is 17.5 Å². The number of anilines is 1. The molecule has 1 aromatic carbocycles. The number of benzene rings is 1. The molecule has 0 radical (unpaired) electrons. The molecule has 0 atom stereocenters. The Bertz CT molecular complexity index is 597. The second kappa shape index (κ2) is 4.50. The van der Waals surface area contributed by atoms with Gasteiger partial charge in [-0.15, -0.1) is 0 Å². The lowest BCUT2D eigenvalue weighted by Crippen LogP contribution is -2.11. The first-order chi connectivity index (χ1) is 8.84. The molecule has 4 N–H and O–H groups in total. The Morgan fingerprint density at radius 1 is 1.26 bits per heavy atom. The van der Waals surface area contributed by atoms with E-state index < -0.39 is 0 Å². The van der Waals surface area contributed by atoms with Crippen molar-refractivity contribution in [3.63, 3.8) is 0 Å². The maximum Gasteiger partial charge on any atom is 0.127 e. The molecular formula is C14H19N3O2. The fourth-order valence-corrected chi connectivity index (χ4v) is 2.06. The number of H-pyrrole nitrogens is 1. The van der Waals surface area contributed by atoms with Gasteiger partial charge in [0, 0.05) is 16.7 Å². The molecule has 0 aliphatic carbocycles. The summed E-state index contributed by atoms with van der Waals surface area (Å²) in [5, 5.41) is 16.8. The molecule has 2 rings (SSSR count). The van der Waals surface area contributed by atoms with E-state index in [0.29, 0.717) is 17.1 Å². The van der Waals surface area contributed by atoms with Crippen LogP contribution in [0.15, 0.2) is 18.3 Å². The van der Waals surface area contributed by atoms with Gasteiger partial charge in [0.25, 0.3) is 0 Å². The van der Waals surface area contributed by atoms with Crippen LogP contribution in [0.25, 0.3) is 11.1 Å². The molecular weight excluding hydrogens is 242 g/mol. The number of nitrogen functional groups attached to an aromatic ring is 1. The number of aromatic hydroxyl groups is 1. The lowest BCUT2D eigenvalue weighted by molar-refractivity contribution is 0.407. The van der Waals surface area contributed by atoms with Gasteiger partial charge in [-0.25, -0.2) is 0 Å². The van der Waals surface area contributed by atoms with Crippen molar-refractivity contribution < 1.29 is 9.84 Å². The molecule has 102 valence electrons. The van der Waals surface area contributed by atoms with Crippen molar-refractivity contribution in [2.75, 3.05) is 12.8 Å². The standard InChI is InChI=1S/C14H19N3O2/c1-14(2,3)10-6-12(19-4)8(5-11(10)18)9-7-16-17-13(9)15/h5-7,18H,1-4H3,(H3,15,16,17). The number of methoxy groups -OCH3 is 1. The highest BCUT2D eigenvalue weighted by Gasteiger charge is 2.22. The summed E-state index contributed by atoms with van der Waals surface area (Å²) in [4.78, 5) is 0. The van der Waals surface area contributed by atoms with Gasteiger partial charge < -0.3 is 15.6 Å². The molecule has 0 saturated carbocycles. The van der Waals surface area contributed by atoms with E-state index in [1.165, 1.54) is 0 Å². The third-order valence-electron chi connectivity index (χ3n) is 3.08. The first-order valence-corrected chi connectivity index (χ1v) is 6.05. The first-order valence-electron chi connectivity index (χ1n) is 6.05. The predicted octanol–water partition coefficient (Wildman–Crippen LogP) is 2.67. The first kappa shape index (κ1) is 13.3. The van der Waals surface area contributed by atoms with E-state index in [2.05, 4.69) is 10.2 Å². The van der Waals surface area contributed by atoms with E-state index in [9.17, 15) is 5.11 Å². The monoisotopic (exact) mass is 261 g/mol. The molecule has 0 bridgehead atoms. The fraction of sp³-hybridized carbons (Fsp3) is 0.357. The zero-order valence-electron chi connectivity index (χ0n) is 11.6. The maximum atomic E-state index is 10.2. The number of rotatable bonds is 2. The van der Waals surface area contributed by atoms with Gasteiger partial charge in [-0.3, -0.25) is 5.10 Å². The lowest BCUT2D eigenvalue weighted by atomic mass is 9.85. The van der Waals surface area contributed by atoms with Crippen LogP contribution < -0.4 is 10.5 Å². The van der Waals surface area contributed by atoms with Gasteiger partial charge in [0.05, 0.1) is 13.3 Å². The summed E-state index contributed by atoms with van der Waals surface area (Å²) in [6.07, 6.45) is 1.61. The smallest absolute Gasteiger partial charge is 0.127 e. The van der Waals surface area contributed by atoms with Crippen LogP contribution in [0.1, 0.15) is 26.3 Å². The number of ether oxygens (including phenoxy) is 1. The van der Waals surface area contributed by atoms with E-state index in [-0.39, 0.29) is 11.2 Å². The molecule has 19 heavy (non-hydrogen) atoms. The van der Waals surface area contributed by atoms with Gasteiger partial charge in [0.2, 0.25) is 0 Å². The van der Waals surface area contributed by atoms with Crippen LogP contribution in [0.2, 0.25) is 0 Å². The Balaban J connectivity index is 2.65. The van der Waals surface area contributed by atoms with Crippen molar-refractivity contribution in [1.82, 2.24) is 10.2 Å². The molecule has 0 aliphatic rings. The Kier molecular flexibility index (Phi) is 3.14. The molecule has 0 saturated heterocycles. The number of aromatic amines is 1. The van der Waals surface area contributed by atoms with Crippen molar-refractivity contribution >= 4 is 5.82 Å². The second-order valence-corrected chi connectivity index (χ2v) is 5.52. The van der Waals surface area contributed by atoms with Gasteiger partial charge >= 0.3 is 0 Å². The highest BCUT2D eigenvalue weighted by Crippen LogP contribution is 2.41. The molecule has 0 unspecified atom stereocenters. The normalized spacial score (nSPS) is 11.6. The number of aromatic nitrogens is 2. The van der Waals surface area contributed by atoms with E-state index in [0.717, 1.165) is 11.1 Å². The average molecular weight is 261 g/mol. The Morgan fingerprint density at radius 3 is 2.42 bits per heavy atom. The van der Waals surface area contributed by atoms with Crippen molar-refractivity contribution in [2.45, 2.75) is 26.2 Å². The quantitative estimate of drug-likeness (QED) is 0.776. The minimum atomic E-state index is -0.169. The number of phenolic OH excluding ortho intramolecular Hbond substituents is 1. The summed E-state index contributed by atoms with van der Waals surface area (Å²) in [7, 11) is 1.60. The highest BCUT2D eigenvalue weighted by molar-refractivity contribution is 5.79. The van der Waals surface area contributed by atoms with Crippen LogP contribution in [0, 0.1) is 0 Å². The Hall–Kier alpha value is -2.17. The zero-order valence-corrected chi connectivity index (χ0v) is 11.6. The highest BCUT2D eigenvalue weighted by atomic mass is 16.5. The van der Waals surface area contributed by atoms with Crippen molar-refractivity contribution in [2.24, 2.45) is 0 Å². The summed E-state index contributed by atoms with van der Waals surface area (Å²) in [6.45, 7) is 6.11. The summed E-state index contributed by atoms with van der Waals surface area (Å²) in [5.74, 6) is 1.33. The molecule has 1 aromatic heterocycles. The van der Waals surface area contributed by atoms with E-state index in [1.807, 2.05) is 26.8 Å². The number of hydrogen-bond donors (Lipinski definition) is 3.